The zero-order valence-electron chi connectivity index (χ0n) is 12.9. The van der Waals surface area contributed by atoms with Gasteiger partial charge in [0.2, 0.25) is 0 Å². The van der Waals surface area contributed by atoms with Crippen molar-refractivity contribution in [1.82, 2.24) is 24.7 Å². The fraction of sp³-hybridized carbons (Fsp3) is 0. The van der Waals surface area contributed by atoms with Crippen molar-refractivity contribution in [2.75, 3.05) is 0 Å². The molecule has 3 aromatic heterocycles. The van der Waals surface area contributed by atoms with Crippen molar-refractivity contribution in [2.24, 2.45) is 0 Å². The highest BCUT2D eigenvalue weighted by atomic mass is 35.5. The Labute approximate surface area is 148 Å². The van der Waals surface area contributed by atoms with Crippen molar-refractivity contribution in [2.45, 2.75) is 0 Å². The molecule has 0 aliphatic carbocycles. The molecule has 3 heterocycles. The average molecular weight is 347 g/mol. The van der Waals surface area contributed by atoms with Gasteiger partial charge in [0, 0.05) is 34.1 Å². The van der Waals surface area contributed by atoms with E-state index in [4.69, 9.17) is 18.2 Å². The van der Waals surface area contributed by atoms with Gasteiger partial charge in [-0.25, -0.2) is 14.5 Å². The van der Waals surface area contributed by atoms with Crippen molar-refractivity contribution < 1.29 is 0 Å². The van der Waals surface area contributed by atoms with Crippen LogP contribution in [0.15, 0.2) is 55.5 Å². The minimum absolute atomic E-state index is 0.489. The molecule has 0 bridgehead atoms. The quantitative estimate of drug-likeness (QED) is 0.565. The van der Waals surface area contributed by atoms with Crippen molar-refractivity contribution in [3.63, 3.8) is 0 Å². The highest BCUT2D eigenvalue weighted by molar-refractivity contribution is 6.31. The van der Waals surface area contributed by atoms with E-state index in [-0.39, 0.29) is 0 Å². The van der Waals surface area contributed by atoms with Crippen molar-refractivity contribution in [1.29, 1.82) is 0 Å². The fourth-order valence-corrected chi connectivity index (χ4v) is 2.85. The molecule has 0 amide bonds. The summed E-state index contributed by atoms with van der Waals surface area (Å²) < 4.78 is 1.64. The van der Waals surface area contributed by atoms with Crippen LogP contribution in [0.5, 0.6) is 0 Å². The lowest BCUT2D eigenvalue weighted by molar-refractivity contribution is 0.874. The number of aromatic nitrogens is 5. The molecule has 0 unspecified atom stereocenters. The lowest BCUT2D eigenvalue weighted by Gasteiger charge is -2.05. The van der Waals surface area contributed by atoms with E-state index in [0.717, 1.165) is 27.7 Å². The van der Waals surface area contributed by atoms with E-state index in [1.54, 1.807) is 29.5 Å². The van der Waals surface area contributed by atoms with Crippen molar-refractivity contribution >= 4 is 34.3 Å². The van der Waals surface area contributed by atoms with Crippen LogP contribution in [0.3, 0.4) is 0 Å². The van der Waals surface area contributed by atoms with Crippen LogP contribution in [0.2, 0.25) is 5.02 Å². The Morgan fingerprint density at radius 1 is 1.28 bits per heavy atom. The van der Waals surface area contributed by atoms with Gasteiger partial charge in [-0.1, -0.05) is 11.6 Å². The molecular weight excluding hydrogens is 336 g/mol. The van der Waals surface area contributed by atoms with Crippen LogP contribution in [0, 0.1) is 6.57 Å². The molecule has 4 rings (SSSR count). The van der Waals surface area contributed by atoms with Gasteiger partial charge in [0.15, 0.2) is 5.70 Å². The Hall–Kier alpha value is -3.43. The number of H-pyrrole nitrogens is 1. The summed E-state index contributed by atoms with van der Waals surface area (Å²) in [5, 5.41) is 5.68. The number of hydrogen-bond acceptors (Lipinski definition) is 3. The van der Waals surface area contributed by atoms with E-state index in [2.05, 4.69) is 24.9 Å². The van der Waals surface area contributed by atoms with Gasteiger partial charge in [-0.15, -0.1) is 0 Å². The molecule has 0 saturated carbocycles. The van der Waals surface area contributed by atoms with Gasteiger partial charge in [0.25, 0.3) is 0 Å². The number of halogens is 1. The first-order valence-electron chi connectivity index (χ1n) is 7.41. The maximum absolute atomic E-state index is 7.61. The zero-order valence-corrected chi connectivity index (χ0v) is 13.6. The zero-order chi connectivity index (χ0) is 17.2. The molecule has 0 aliphatic rings. The first-order chi connectivity index (χ1) is 12.3. The maximum Gasteiger partial charge on any atom is 0.197 e. The van der Waals surface area contributed by atoms with Gasteiger partial charge in [-0.2, -0.15) is 5.10 Å². The summed E-state index contributed by atoms with van der Waals surface area (Å²) in [4.78, 5) is 15.0. The maximum atomic E-state index is 7.61. The van der Waals surface area contributed by atoms with Gasteiger partial charge >= 0.3 is 0 Å². The van der Waals surface area contributed by atoms with E-state index in [9.17, 15) is 0 Å². The Morgan fingerprint density at radius 2 is 2.20 bits per heavy atom. The lowest BCUT2D eigenvalue weighted by atomic mass is 10.1. The molecule has 25 heavy (non-hydrogen) atoms. The number of hydrogen-bond donors (Lipinski definition) is 1. The standard InChI is InChI=1S/C18H11ClN6/c1-20-17(15-9-23-16-3-2-13(19)7-14(15)16)6-12-8-21-5-4-18(12)25-11-22-10-24-25/h2-11,23H/b17-6-. The number of pyridine rings is 1. The molecule has 0 radical (unpaired) electrons. The molecule has 1 N–H and O–H groups in total. The third-order valence-corrected chi connectivity index (χ3v) is 4.06. The minimum Gasteiger partial charge on any atom is -0.362 e. The second-order valence-electron chi connectivity index (χ2n) is 5.31. The van der Waals surface area contributed by atoms with Gasteiger partial charge in [0.1, 0.15) is 12.7 Å². The summed E-state index contributed by atoms with van der Waals surface area (Å²) >= 11 is 6.11. The normalized spacial score (nSPS) is 11.6. The Kier molecular flexibility index (Phi) is 3.77. The molecular formula is C18H11ClN6. The van der Waals surface area contributed by atoms with Crippen molar-refractivity contribution in [3.05, 3.63) is 83.1 Å². The molecule has 1 aromatic carbocycles. The van der Waals surface area contributed by atoms with Crippen LogP contribution < -0.4 is 0 Å². The molecule has 7 heteroatoms. The van der Waals surface area contributed by atoms with Gasteiger partial charge in [0.05, 0.1) is 12.3 Å². The van der Waals surface area contributed by atoms with Gasteiger partial charge < -0.3 is 4.98 Å². The second kappa shape index (κ2) is 6.23. The van der Waals surface area contributed by atoms with Crippen LogP contribution in [-0.4, -0.2) is 24.7 Å². The van der Waals surface area contributed by atoms with E-state index >= 15 is 0 Å². The first kappa shape index (κ1) is 15.1. The average Bonchev–Trinajstić information content (AvgIpc) is 3.30. The SMILES string of the molecule is [C-]#[N+]/C(=C\c1cnccc1-n1cncn1)c1c[nH]c2ccc(Cl)cc12. The summed E-state index contributed by atoms with van der Waals surface area (Å²) in [5.74, 6) is 0. The third kappa shape index (κ3) is 2.77. The number of aromatic amines is 1. The molecule has 0 saturated heterocycles. The number of benzene rings is 1. The van der Waals surface area contributed by atoms with Crippen LogP contribution in [0.4, 0.5) is 0 Å². The van der Waals surface area contributed by atoms with Crippen LogP contribution in [-0.2, 0) is 0 Å². The summed E-state index contributed by atoms with van der Waals surface area (Å²) in [6, 6.07) is 7.39. The van der Waals surface area contributed by atoms with Gasteiger partial charge in [-0.3, -0.25) is 4.98 Å². The Balaban J connectivity index is 1.88. The predicted molar refractivity (Wildman–Crippen MR) is 96.9 cm³/mol. The molecule has 6 nitrogen and oxygen atoms in total. The van der Waals surface area contributed by atoms with Gasteiger partial charge in [-0.05, 0) is 41.9 Å². The third-order valence-electron chi connectivity index (χ3n) is 3.83. The molecule has 0 spiro atoms. The molecule has 0 atom stereocenters. The summed E-state index contributed by atoms with van der Waals surface area (Å²) in [7, 11) is 0. The van der Waals surface area contributed by atoms with E-state index in [1.165, 1.54) is 6.33 Å². The Bertz CT molecular complexity index is 1120. The van der Waals surface area contributed by atoms with E-state index in [0.29, 0.717) is 10.7 Å². The van der Waals surface area contributed by atoms with Crippen molar-refractivity contribution in [3.8, 4) is 5.69 Å². The highest BCUT2D eigenvalue weighted by Crippen LogP contribution is 2.30. The monoisotopic (exact) mass is 346 g/mol. The van der Waals surface area contributed by atoms with Crippen LogP contribution >= 0.6 is 11.6 Å². The topological polar surface area (TPSA) is 63.8 Å². The van der Waals surface area contributed by atoms with E-state index in [1.807, 2.05) is 30.5 Å². The Morgan fingerprint density at radius 3 is 3.00 bits per heavy atom. The molecule has 120 valence electrons. The smallest absolute Gasteiger partial charge is 0.197 e. The molecule has 0 fully saturated rings. The number of fused-ring (bicyclic) bond motifs is 1. The first-order valence-corrected chi connectivity index (χ1v) is 7.79. The fourth-order valence-electron chi connectivity index (χ4n) is 2.67. The summed E-state index contributed by atoms with van der Waals surface area (Å²) in [6.45, 7) is 7.61. The number of rotatable bonds is 3. The van der Waals surface area contributed by atoms with Crippen LogP contribution in [0.1, 0.15) is 11.1 Å². The second-order valence-corrected chi connectivity index (χ2v) is 5.74. The summed E-state index contributed by atoms with van der Waals surface area (Å²) in [6.07, 6.45) is 10.1. The molecule has 4 aromatic rings. The lowest BCUT2D eigenvalue weighted by Crippen LogP contribution is -1.98. The molecule has 0 aliphatic heterocycles. The largest absolute Gasteiger partial charge is 0.362 e. The van der Waals surface area contributed by atoms with Crippen LogP contribution in [0.25, 0.3) is 33.2 Å². The minimum atomic E-state index is 0.489. The van der Waals surface area contributed by atoms with E-state index < -0.39 is 0 Å². The predicted octanol–water partition coefficient (Wildman–Crippen LogP) is 4.21. The summed E-state index contributed by atoms with van der Waals surface area (Å²) in [5.41, 5.74) is 3.78. The number of nitrogens with one attached hydrogen (secondary N) is 1. The number of nitrogens with zero attached hydrogens (tertiary/aromatic N) is 5. The highest BCUT2D eigenvalue weighted by Gasteiger charge is 2.11.